The third-order valence-corrected chi connectivity index (χ3v) is 1.97. The fraction of sp³-hybridized carbons (Fsp3) is 0.111. The molecule has 0 fully saturated rings. The summed E-state index contributed by atoms with van der Waals surface area (Å²) in [5.41, 5.74) is 0. The number of halogens is 1. The summed E-state index contributed by atoms with van der Waals surface area (Å²) in [7, 11) is -3.79. The molecule has 1 rings (SSSR count). The molecule has 1 aromatic carbocycles. The minimum atomic E-state index is -3.79. The van der Waals surface area contributed by atoms with Crippen molar-refractivity contribution < 1.29 is 13.0 Å². The highest BCUT2D eigenvalue weighted by atomic mass is 35.5. The Kier molecular flexibility index (Phi) is 6.19. The lowest BCUT2D eigenvalue weighted by molar-refractivity contribution is 0.487. The maximum atomic E-state index is 9.72. The first-order valence-corrected chi connectivity index (χ1v) is 5.71. The predicted octanol–water partition coefficient (Wildman–Crippen LogP) is 2.40. The molecule has 0 saturated heterocycles. The van der Waals surface area contributed by atoms with Crippen molar-refractivity contribution in [3.05, 3.63) is 48.0 Å². The Balaban J connectivity index is 0.000000241. The molecule has 0 amide bonds. The zero-order valence-corrected chi connectivity index (χ0v) is 9.00. The summed E-state index contributed by atoms with van der Waals surface area (Å²) >= 11 is 5.54. The lowest BCUT2D eigenvalue weighted by Gasteiger charge is -1.82. The van der Waals surface area contributed by atoms with Crippen LogP contribution in [0.2, 0.25) is 5.02 Å². The Labute approximate surface area is 88.8 Å². The third-order valence-electron chi connectivity index (χ3n) is 1.06. The first-order valence-electron chi connectivity index (χ1n) is 3.72. The minimum Gasteiger partial charge on any atom is -0.285 e. The van der Waals surface area contributed by atoms with E-state index in [0.29, 0.717) is 0 Å². The molecule has 0 aromatic heterocycles. The largest absolute Gasteiger partial charge is 0.285 e. The van der Waals surface area contributed by atoms with Crippen molar-refractivity contribution in [2.45, 2.75) is 0 Å². The first kappa shape index (κ1) is 13.2. The lowest BCUT2D eigenvalue weighted by Crippen LogP contribution is -1.99. The fourth-order valence-corrected chi connectivity index (χ4v) is 1.01. The standard InChI is InChI=1S/C6H5Cl.C3H6O3S/c7-6-4-2-1-3-5-6;1-2-3-7(4,5)6/h1-5H;2H,1,3H2,(H,4,5,6). The second-order valence-corrected chi connectivity index (χ2v) is 4.27. The van der Waals surface area contributed by atoms with Gasteiger partial charge in [-0.2, -0.15) is 8.42 Å². The molecule has 0 radical (unpaired) electrons. The van der Waals surface area contributed by atoms with E-state index in [9.17, 15) is 8.42 Å². The van der Waals surface area contributed by atoms with E-state index >= 15 is 0 Å². The highest BCUT2D eigenvalue weighted by molar-refractivity contribution is 7.85. The van der Waals surface area contributed by atoms with Gasteiger partial charge in [-0.05, 0) is 12.1 Å². The highest BCUT2D eigenvalue weighted by Crippen LogP contribution is 2.03. The number of benzene rings is 1. The summed E-state index contributed by atoms with van der Waals surface area (Å²) < 4.78 is 27.3. The van der Waals surface area contributed by atoms with Crippen molar-refractivity contribution in [3.8, 4) is 0 Å². The van der Waals surface area contributed by atoms with Gasteiger partial charge in [0, 0.05) is 5.02 Å². The van der Waals surface area contributed by atoms with Crippen LogP contribution in [0.15, 0.2) is 43.0 Å². The minimum absolute atomic E-state index is 0.368. The zero-order valence-electron chi connectivity index (χ0n) is 7.43. The third kappa shape index (κ3) is 9.25. The molecule has 0 saturated carbocycles. The second-order valence-electron chi connectivity index (χ2n) is 2.33. The van der Waals surface area contributed by atoms with Gasteiger partial charge in [0.15, 0.2) is 0 Å². The summed E-state index contributed by atoms with van der Waals surface area (Å²) in [5, 5.41) is 0.794. The Morgan fingerprint density at radius 3 is 2.00 bits per heavy atom. The van der Waals surface area contributed by atoms with Crippen molar-refractivity contribution in [1.29, 1.82) is 0 Å². The molecule has 3 nitrogen and oxygen atoms in total. The summed E-state index contributed by atoms with van der Waals surface area (Å²) in [5.74, 6) is -0.368. The maximum Gasteiger partial charge on any atom is 0.268 e. The molecule has 0 aliphatic carbocycles. The van der Waals surface area contributed by atoms with Crippen LogP contribution in [0, 0.1) is 0 Å². The van der Waals surface area contributed by atoms with Crippen LogP contribution in [0.25, 0.3) is 0 Å². The van der Waals surface area contributed by atoms with Crippen molar-refractivity contribution >= 4 is 21.7 Å². The average molecular weight is 235 g/mol. The summed E-state index contributed by atoms with van der Waals surface area (Å²) in [6.07, 6.45) is 1.12. The molecule has 0 bridgehead atoms. The van der Waals surface area contributed by atoms with Crippen LogP contribution in [0.1, 0.15) is 0 Å². The summed E-state index contributed by atoms with van der Waals surface area (Å²) in [6.45, 7) is 3.11. The van der Waals surface area contributed by atoms with Crippen molar-refractivity contribution in [2.75, 3.05) is 5.75 Å². The quantitative estimate of drug-likeness (QED) is 0.632. The monoisotopic (exact) mass is 234 g/mol. The average Bonchev–Trinajstić information content (AvgIpc) is 2.04. The Morgan fingerprint density at radius 2 is 1.86 bits per heavy atom. The number of hydrogen-bond acceptors (Lipinski definition) is 2. The topological polar surface area (TPSA) is 54.4 Å². The van der Waals surface area contributed by atoms with Gasteiger partial charge in [0.2, 0.25) is 0 Å². The Hall–Kier alpha value is -0.840. The normalized spacial score (nSPS) is 9.86. The van der Waals surface area contributed by atoms with Gasteiger partial charge >= 0.3 is 0 Å². The van der Waals surface area contributed by atoms with Crippen LogP contribution in [0.4, 0.5) is 0 Å². The molecule has 5 heteroatoms. The SMILES string of the molecule is C=CCS(=O)(=O)O.Clc1ccccc1. The molecule has 1 N–H and O–H groups in total. The highest BCUT2D eigenvalue weighted by Gasteiger charge is 1.95. The predicted molar refractivity (Wildman–Crippen MR) is 58.1 cm³/mol. The molecule has 0 atom stereocenters. The Morgan fingerprint density at radius 1 is 1.36 bits per heavy atom. The zero-order chi connectivity index (χ0) is 11.0. The molecule has 14 heavy (non-hydrogen) atoms. The van der Waals surface area contributed by atoms with Crippen LogP contribution in [0.5, 0.6) is 0 Å². The van der Waals surface area contributed by atoms with Gasteiger partial charge in [-0.3, -0.25) is 4.55 Å². The molecular formula is C9H11ClO3S. The maximum absolute atomic E-state index is 9.72. The van der Waals surface area contributed by atoms with Crippen LogP contribution in [-0.4, -0.2) is 18.7 Å². The molecule has 0 aliphatic rings. The van der Waals surface area contributed by atoms with Gasteiger partial charge in [-0.1, -0.05) is 35.9 Å². The molecular weight excluding hydrogens is 224 g/mol. The van der Waals surface area contributed by atoms with Crippen molar-refractivity contribution in [2.24, 2.45) is 0 Å². The van der Waals surface area contributed by atoms with Gasteiger partial charge < -0.3 is 0 Å². The van der Waals surface area contributed by atoms with E-state index in [4.69, 9.17) is 16.2 Å². The van der Waals surface area contributed by atoms with E-state index in [2.05, 4.69) is 6.58 Å². The van der Waals surface area contributed by atoms with E-state index in [0.717, 1.165) is 11.1 Å². The van der Waals surface area contributed by atoms with E-state index in [1.807, 2.05) is 30.3 Å². The van der Waals surface area contributed by atoms with Crippen LogP contribution < -0.4 is 0 Å². The van der Waals surface area contributed by atoms with E-state index < -0.39 is 10.1 Å². The van der Waals surface area contributed by atoms with Crippen LogP contribution in [-0.2, 0) is 10.1 Å². The summed E-state index contributed by atoms with van der Waals surface area (Å²) in [4.78, 5) is 0. The summed E-state index contributed by atoms with van der Waals surface area (Å²) in [6, 6.07) is 9.44. The molecule has 0 aliphatic heterocycles. The molecule has 0 unspecified atom stereocenters. The first-order chi connectivity index (χ1) is 6.45. The van der Waals surface area contributed by atoms with Crippen LogP contribution in [0.3, 0.4) is 0 Å². The van der Waals surface area contributed by atoms with E-state index in [1.165, 1.54) is 0 Å². The smallest absolute Gasteiger partial charge is 0.268 e. The number of rotatable bonds is 2. The molecule has 0 heterocycles. The fourth-order valence-electron chi connectivity index (χ4n) is 0.564. The van der Waals surface area contributed by atoms with Gasteiger partial charge in [0.1, 0.15) is 0 Å². The van der Waals surface area contributed by atoms with Gasteiger partial charge in [-0.15, -0.1) is 6.58 Å². The molecule has 1 aromatic rings. The lowest BCUT2D eigenvalue weighted by atomic mass is 10.4. The van der Waals surface area contributed by atoms with Crippen molar-refractivity contribution in [3.63, 3.8) is 0 Å². The van der Waals surface area contributed by atoms with E-state index in [-0.39, 0.29) is 5.75 Å². The molecule has 0 spiro atoms. The van der Waals surface area contributed by atoms with E-state index in [1.54, 1.807) is 0 Å². The Bertz CT molecular complexity index is 359. The van der Waals surface area contributed by atoms with Gasteiger partial charge in [0.05, 0.1) is 5.75 Å². The molecule has 78 valence electrons. The number of hydrogen-bond donors (Lipinski definition) is 1. The second kappa shape index (κ2) is 6.59. The van der Waals surface area contributed by atoms with Gasteiger partial charge in [-0.25, -0.2) is 0 Å². The van der Waals surface area contributed by atoms with Gasteiger partial charge in [0.25, 0.3) is 10.1 Å². The van der Waals surface area contributed by atoms with Crippen molar-refractivity contribution in [1.82, 2.24) is 0 Å². The van der Waals surface area contributed by atoms with Crippen LogP contribution >= 0.6 is 11.6 Å².